The molecular formula is C8H14N2O. The average Bonchev–Trinajstić information content (AvgIpc) is 2.75. The number of nitrogens with zero attached hydrogens (tertiary/aromatic N) is 1. The molecule has 2 rings (SSSR count). The van der Waals surface area contributed by atoms with E-state index < -0.39 is 0 Å². The van der Waals surface area contributed by atoms with Gasteiger partial charge in [0, 0.05) is 5.92 Å². The van der Waals surface area contributed by atoms with Gasteiger partial charge in [-0.2, -0.15) is 0 Å². The van der Waals surface area contributed by atoms with Crippen molar-refractivity contribution >= 4 is 5.90 Å². The molecule has 1 atom stereocenters. The lowest BCUT2D eigenvalue weighted by Crippen LogP contribution is -2.18. The molecule has 1 fully saturated rings. The summed E-state index contributed by atoms with van der Waals surface area (Å²) in [5.74, 6) is 1.67. The minimum atomic E-state index is 0.288. The van der Waals surface area contributed by atoms with E-state index in [4.69, 9.17) is 10.5 Å². The lowest BCUT2D eigenvalue weighted by atomic mass is 10.2. The first-order valence-electron chi connectivity index (χ1n) is 4.31. The van der Waals surface area contributed by atoms with E-state index in [-0.39, 0.29) is 6.10 Å². The molecule has 0 aromatic rings. The summed E-state index contributed by atoms with van der Waals surface area (Å²) in [6, 6.07) is 0. The van der Waals surface area contributed by atoms with Crippen LogP contribution in [0.25, 0.3) is 0 Å². The number of hydrogen-bond donors (Lipinski definition) is 1. The normalized spacial score (nSPS) is 29.9. The second-order valence-corrected chi connectivity index (χ2v) is 3.27. The minimum absolute atomic E-state index is 0.288. The molecule has 62 valence electrons. The van der Waals surface area contributed by atoms with Gasteiger partial charge in [0.25, 0.3) is 0 Å². The molecule has 11 heavy (non-hydrogen) atoms. The molecule has 1 heterocycles. The Morgan fingerprint density at radius 1 is 1.55 bits per heavy atom. The van der Waals surface area contributed by atoms with Crippen LogP contribution in [0.2, 0.25) is 0 Å². The molecule has 2 aliphatic rings. The van der Waals surface area contributed by atoms with Gasteiger partial charge in [-0.05, 0) is 25.8 Å². The van der Waals surface area contributed by atoms with Crippen LogP contribution in [0, 0.1) is 5.92 Å². The van der Waals surface area contributed by atoms with E-state index in [1.807, 2.05) is 0 Å². The van der Waals surface area contributed by atoms with Gasteiger partial charge in [0.05, 0.1) is 6.54 Å². The molecule has 1 saturated carbocycles. The predicted molar refractivity (Wildman–Crippen MR) is 43.6 cm³/mol. The summed E-state index contributed by atoms with van der Waals surface area (Å²) in [7, 11) is 0. The summed E-state index contributed by atoms with van der Waals surface area (Å²) < 4.78 is 5.60. The molecule has 3 nitrogen and oxygen atoms in total. The highest BCUT2D eigenvalue weighted by Crippen LogP contribution is 2.33. The van der Waals surface area contributed by atoms with Gasteiger partial charge in [-0.15, -0.1) is 0 Å². The maximum absolute atomic E-state index is 5.60. The minimum Gasteiger partial charge on any atom is -0.475 e. The van der Waals surface area contributed by atoms with Crippen molar-refractivity contribution in [1.29, 1.82) is 0 Å². The molecule has 0 saturated heterocycles. The number of aliphatic imine (C=N–C) groups is 1. The number of rotatable bonds is 3. The SMILES string of the molecule is NCCC1CN=C(C2CC2)O1. The van der Waals surface area contributed by atoms with Crippen LogP contribution in [-0.2, 0) is 4.74 Å². The van der Waals surface area contributed by atoms with Gasteiger partial charge in [0.2, 0.25) is 0 Å². The molecule has 1 unspecified atom stereocenters. The van der Waals surface area contributed by atoms with E-state index in [1.165, 1.54) is 12.8 Å². The monoisotopic (exact) mass is 154 g/mol. The highest BCUT2D eigenvalue weighted by Gasteiger charge is 2.33. The van der Waals surface area contributed by atoms with Crippen molar-refractivity contribution < 1.29 is 4.74 Å². The Hall–Kier alpha value is -0.570. The molecule has 0 aromatic carbocycles. The summed E-state index contributed by atoms with van der Waals surface area (Å²) in [4.78, 5) is 4.34. The third-order valence-electron chi connectivity index (χ3n) is 2.15. The van der Waals surface area contributed by atoms with Crippen LogP contribution in [0.3, 0.4) is 0 Å². The highest BCUT2D eigenvalue weighted by molar-refractivity contribution is 5.82. The van der Waals surface area contributed by atoms with Crippen molar-refractivity contribution in [2.24, 2.45) is 16.6 Å². The topological polar surface area (TPSA) is 47.6 Å². The van der Waals surface area contributed by atoms with E-state index in [0.29, 0.717) is 12.5 Å². The Kier molecular flexibility index (Phi) is 1.82. The Labute approximate surface area is 66.6 Å². The van der Waals surface area contributed by atoms with Crippen LogP contribution >= 0.6 is 0 Å². The van der Waals surface area contributed by atoms with E-state index >= 15 is 0 Å². The second-order valence-electron chi connectivity index (χ2n) is 3.27. The average molecular weight is 154 g/mol. The third kappa shape index (κ3) is 1.53. The number of nitrogens with two attached hydrogens (primary N) is 1. The smallest absolute Gasteiger partial charge is 0.186 e. The summed E-state index contributed by atoms with van der Waals surface area (Å²) in [5, 5.41) is 0. The molecular weight excluding hydrogens is 140 g/mol. The van der Waals surface area contributed by atoms with Crippen molar-refractivity contribution in [3.63, 3.8) is 0 Å². The van der Waals surface area contributed by atoms with Crippen LogP contribution in [0.1, 0.15) is 19.3 Å². The fourth-order valence-corrected chi connectivity index (χ4v) is 1.33. The predicted octanol–water partition coefficient (Wildman–Crippen LogP) is 0.542. The van der Waals surface area contributed by atoms with Crippen molar-refractivity contribution in [3.05, 3.63) is 0 Å². The van der Waals surface area contributed by atoms with Gasteiger partial charge < -0.3 is 10.5 Å². The standard InChI is InChI=1S/C8H14N2O/c9-4-3-7-5-10-8(11-7)6-1-2-6/h6-7H,1-5,9H2. The summed E-state index contributed by atoms with van der Waals surface area (Å²) in [5.41, 5.74) is 5.41. The Balaban J connectivity index is 1.80. The maximum Gasteiger partial charge on any atom is 0.186 e. The lowest BCUT2D eigenvalue weighted by molar-refractivity contribution is 0.209. The second kappa shape index (κ2) is 2.81. The van der Waals surface area contributed by atoms with Crippen molar-refractivity contribution in [2.75, 3.05) is 13.1 Å². The van der Waals surface area contributed by atoms with Gasteiger partial charge in [0.15, 0.2) is 5.90 Å². The zero-order chi connectivity index (χ0) is 7.68. The first-order valence-corrected chi connectivity index (χ1v) is 4.31. The molecule has 1 aliphatic carbocycles. The highest BCUT2D eigenvalue weighted by atomic mass is 16.5. The molecule has 0 bridgehead atoms. The number of hydrogen-bond acceptors (Lipinski definition) is 3. The van der Waals surface area contributed by atoms with Gasteiger partial charge in [-0.1, -0.05) is 0 Å². The first kappa shape index (κ1) is 7.10. The largest absolute Gasteiger partial charge is 0.475 e. The summed E-state index contributed by atoms with van der Waals surface area (Å²) in [6.45, 7) is 1.54. The lowest BCUT2D eigenvalue weighted by Gasteiger charge is -2.08. The first-order chi connectivity index (χ1) is 5.40. The fraction of sp³-hybridized carbons (Fsp3) is 0.875. The van der Waals surface area contributed by atoms with Crippen molar-refractivity contribution in [1.82, 2.24) is 0 Å². The molecule has 0 radical (unpaired) electrons. The van der Waals surface area contributed by atoms with Crippen molar-refractivity contribution in [3.8, 4) is 0 Å². The Morgan fingerprint density at radius 2 is 2.36 bits per heavy atom. The number of ether oxygens (including phenoxy) is 1. The van der Waals surface area contributed by atoms with Gasteiger partial charge >= 0.3 is 0 Å². The fourth-order valence-electron chi connectivity index (χ4n) is 1.33. The van der Waals surface area contributed by atoms with Crippen LogP contribution in [0.4, 0.5) is 0 Å². The molecule has 3 heteroatoms. The molecule has 0 amide bonds. The van der Waals surface area contributed by atoms with Gasteiger partial charge in [-0.25, -0.2) is 0 Å². The van der Waals surface area contributed by atoms with Crippen LogP contribution in [0.5, 0.6) is 0 Å². The molecule has 2 N–H and O–H groups in total. The zero-order valence-electron chi connectivity index (χ0n) is 6.62. The van der Waals surface area contributed by atoms with Gasteiger partial charge in [0.1, 0.15) is 6.10 Å². The third-order valence-corrected chi connectivity index (χ3v) is 2.15. The van der Waals surface area contributed by atoms with E-state index in [0.717, 1.165) is 18.9 Å². The van der Waals surface area contributed by atoms with Crippen LogP contribution in [-0.4, -0.2) is 25.1 Å². The Morgan fingerprint density at radius 3 is 3.00 bits per heavy atom. The van der Waals surface area contributed by atoms with E-state index in [1.54, 1.807) is 0 Å². The maximum atomic E-state index is 5.60. The Bertz CT molecular complexity index is 175. The van der Waals surface area contributed by atoms with E-state index in [9.17, 15) is 0 Å². The molecule has 0 spiro atoms. The quantitative estimate of drug-likeness (QED) is 0.645. The molecule has 1 aliphatic heterocycles. The van der Waals surface area contributed by atoms with Gasteiger partial charge in [-0.3, -0.25) is 4.99 Å². The van der Waals surface area contributed by atoms with Crippen molar-refractivity contribution in [2.45, 2.75) is 25.4 Å². The van der Waals surface area contributed by atoms with E-state index in [2.05, 4.69) is 4.99 Å². The summed E-state index contributed by atoms with van der Waals surface area (Å²) in [6.07, 6.45) is 3.78. The van der Waals surface area contributed by atoms with Crippen LogP contribution in [0.15, 0.2) is 4.99 Å². The summed E-state index contributed by atoms with van der Waals surface area (Å²) >= 11 is 0. The zero-order valence-corrected chi connectivity index (χ0v) is 6.62. The van der Waals surface area contributed by atoms with Crippen LogP contribution < -0.4 is 5.73 Å². The molecule has 0 aromatic heterocycles.